The molecule has 1 heterocycles. The van der Waals surface area contributed by atoms with E-state index in [2.05, 4.69) is 0 Å². The Bertz CT molecular complexity index is 484. The number of benzene rings is 1. The first-order valence-electron chi connectivity index (χ1n) is 5.68. The lowest BCUT2D eigenvalue weighted by atomic mass is 9.95. The van der Waals surface area contributed by atoms with Crippen LogP contribution in [0.25, 0.3) is 0 Å². The maximum atomic E-state index is 12.7. The minimum absolute atomic E-state index is 0.139. The first kappa shape index (κ1) is 12.5. The van der Waals surface area contributed by atoms with Crippen LogP contribution in [0, 0.1) is 11.7 Å². The van der Waals surface area contributed by atoms with Crippen molar-refractivity contribution in [3.8, 4) is 0 Å². The lowest BCUT2D eigenvalue weighted by Gasteiger charge is -2.15. The first-order chi connectivity index (χ1) is 7.96. The second-order valence-electron chi connectivity index (χ2n) is 4.66. The molecule has 0 amide bonds. The lowest BCUT2D eigenvalue weighted by Crippen LogP contribution is -2.16. The van der Waals surface area contributed by atoms with E-state index in [1.165, 1.54) is 12.1 Å². The van der Waals surface area contributed by atoms with E-state index in [1.54, 1.807) is 12.1 Å². The Morgan fingerprint density at radius 2 is 2.00 bits per heavy atom. The maximum absolute atomic E-state index is 12.7. The monoisotopic (exact) mass is 257 g/mol. The van der Waals surface area contributed by atoms with Crippen LogP contribution in [0.5, 0.6) is 0 Å². The minimum Gasteiger partial charge on any atom is -0.324 e. The van der Waals surface area contributed by atoms with E-state index in [0.717, 1.165) is 5.56 Å². The number of nitrogens with two attached hydrogens (primary N) is 1. The Labute approximate surface area is 101 Å². The molecular weight excluding hydrogens is 241 g/mol. The Hall–Kier alpha value is -0.940. The Balaban J connectivity index is 1.98. The molecule has 1 saturated heterocycles. The molecule has 94 valence electrons. The predicted octanol–water partition coefficient (Wildman–Crippen LogP) is 1.65. The molecule has 2 N–H and O–H groups in total. The maximum Gasteiger partial charge on any atom is 0.150 e. The van der Waals surface area contributed by atoms with E-state index in [4.69, 9.17) is 5.73 Å². The summed E-state index contributed by atoms with van der Waals surface area (Å²) in [5.41, 5.74) is 6.85. The van der Waals surface area contributed by atoms with Crippen LogP contribution < -0.4 is 5.73 Å². The van der Waals surface area contributed by atoms with Crippen molar-refractivity contribution in [1.82, 2.24) is 0 Å². The van der Waals surface area contributed by atoms with Gasteiger partial charge in [0.25, 0.3) is 0 Å². The molecule has 1 aromatic carbocycles. The van der Waals surface area contributed by atoms with Crippen LogP contribution in [0.1, 0.15) is 24.4 Å². The third-order valence-corrected chi connectivity index (χ3v) is 5.05. The summed E-state index contributed by atoms with van der Waals surface area (Å²) in [6, 6.07) is 5.85. The third kappa shape index (κ3) is 3.26. The zero-order chi connectivity index (χ0) is 12.5. The molecule has 3 nitrogen and oxygen atoms in total. The summed E-state index contributed by atoms with van der Waals surface area (Å²) in [7, 11) is -2.85. The largest absolute Gasteiger partial charge is 0.324 e. The summed E-state index contributed by atoms with van der Waals surface area (Å²) in [5, 5.41) is 0. The minimum atomic E-state index is -2.85. The predicted molar refractivity (Wildman–Crippen MR) is 64.7 cm³/mol. The van der Waals surface area contributed by atoms with Crippen LogP contribution in [0.4, 0.5) is 4.39 Å². The molecule has 5 heteroatoms. The third-order valence-electron chi connectivity index (χ3n) is 3.21. The van der Waals surface area contributed by atoms with Crippen LogP contribution in [0.3, 0.4) is 0 Å². The number of hydrogen-bond acceptors (Lipinski definition) is 3. The van der Waals surface area contributed by atoms with Crippen molar-refractivity contribution in [2.24, 2.45) is 11.7 Å². The van der Waals surface area contributed by atoms with Gasteiger partial charge in [-0.25, -0.2) is 12.8 Å². The number of hydrogen-bond donors (Lipinski definition) is 1. The van der Waals surface area contributed by atoms with E-state index in [9.17, 15) is 12.8 Å². The lowest BCUT2D eigenvalue weighted by molar-refractivity contribution is 0.481. The van der Waals surface area contributed by atoms with E-state index < -0.39 is 9.84 Å². The normalized spacial score (nSPS) is 24.7. The van der Waals surface area contributed by atoms with Gasteiger partial charge >= 0.3 is 0 Å². The summed E-state index contributed by atoms with van der Waals surface area (Å²) in [5.74, 6) is 0.361. The van der Waals surface area contributed by atoms with Crippen molar-refractivity contribution < 1.29 is 12.8 Å². The van der Waals surface area contributed by atoms with Gasteiger partial charge in [0.2, 0.25) is 0 Å². The second-order valence-corrected chi connectivity index (χ2v) is 6.89. The molecule has 2 unspecified atom stereocenters. The molecule has 17 heavy (non-hydrogen) atoms. The molecule has 2 atom stereocenters. The van der Waals surface area contributed by atoms with Gasteiger partial charge in [0.05, 0.1) is 11.5 Å². The van der Waals surface area contributed by atoms with Gasteiger partial charge in [0, 0.05) is 6.04 Å². The highest BCUT2D eigenvalue weighted by atomic mass is 32.2. The van der Waals surface area contributed by atoms with Crippen molar-refractivity contribution in [2.45, 2.75) is 18.9 Å². The summed E-state index contributed by atoms with van der Waals surface area (Å²) in [4.78, 5) is 0. The molecular formula is C12H16FNO2S. The number of rotatable bonds is 3. The van der Waals surface area contributed by atoms with Gasteiger partial charge in [-0.1, -0.05) is 12.1 Å². The smallest absolute Gasteiger partial charge is 0.150 e. The van der Waals surface area contributed by atoms with Crippen molar-refractivity contribution in [3.05, 3.63) is 35.6 Å². The fourth-order valence-electron chi connectivity index (χ4n) is 2.26. The van der Waals surface area contributed by atoms with Gasteiger partial charge in [-0.15, -0.1) is 0 Å². The topological polar surface area (TPSA) is 60.2 Å². The Kier molecular flexibility index (Phi) is 3.49. The molecule has 0 saturated carbocycles. The summed E-state index contributed by atoms with van der Waals surface area (Å²) < 4.78 is 35.4. The van der Waals surface area contributed by atoms with Crippen LogP contribution in [0.2, 0.25) is 0 Å². The van der Waals surface area contributed by atoms with Crippen LogP contribution >= 0.6 is 0 Å². The van der Waals surface area contributed by atoms with Gasteiger partial charge in [-0.05, 0) is 36.5 Å². The summed E-state index contributed by atoms with van der Waals surface area (Å²) in [6.45, 7) is 0. The van der Waals surface area contributed by atoms with Crippen molar-refractivity contribution >= 4 is 9.84 Å². The van der Waals surface area contributed by atoms with Crippen LogP contribution in [-0.4, -0.2) is 19.9 Å². The molecule has 0 spiro atoms. The van der Waals surface area contributed by atoms with Gasteiger partial charge in [0.1, 0.15) is 5.82 Å². The molecule has 1 aromatic rings. The summed E-state index contributed by atoms with van der Waals surface area (Å²) >= 11 is 0. The molecule has 0 aromatic heterocycles. The summed E-state index contributed by atoms with van der Waals surface area (Å²) in [6.07, 6.45) is 1.34. The van der Waals surface area contributed by atoms with E-state index in [1.807, 2.05) is 0 Å². The fraction of sp³-hybridized carbons (Fsp3) is 0.500. The fourth-order valence-corrected chi connectivity index (χ4v) is 4.14. The van der Waals surface area contributed by atoms with Gasteiger partial charge in [-0.3, -0.25) is 0 Å². The highest BCUT2D eigenvalue weighted by Gasteiger charge is 2.29. The highest BCUT2D eigenvalue weighted by Crippen LogP contribution is 2.27. The first-order valence-corrected chi connectivity index (χ1v) is 7.50. The Morgan fingerprint density at radius 1 is 1.35 bits per heavy atom. The molecule has 0 bridgehead atoms. The van der Waals surface area contributed by atoms with Crippen molar-refractivity contribution in [3.63, 3.8) is 0 Å². The zero-order valence-electron chi connectivity index (χ0n) is 9.47. The van der Waals surface area contributed by atoms with Gasteiger partial charge < -0.3 is 5.73 Å². The molecule has 1 aliphatic heterocycles. The van der Waals surface area contributed by atoms with Crippen molar-refractivity contribution in [2.75, 3.05) is 11.5 Å². The van der Waals surface area contributed by atoms with Crippen molar-refractivity contribution in [1.29, 1.82) is 0 Å². The van der Waals surface area contributed by atoms with Gasteiger partial charge in [-0.2, -0.15) is 0 Å². The average molecular weight is 257 g/mol. The molecule has 0 aliphatic carbocycles. The molecule has 0 radical (unpaired) electrons. The van der Waals surface area contributed by atoms with Crippen LogP contribution in [0.15, 0.2) is 24.3 Å². The molecule has 2 rings (SSSR count). The standard InChI is InChI=1S/C12H16FNO2S/c13-11-3-1-10(2-4-11)12(14)7-9-5-6-17(15,16)8-9/h1-4,9,12H,5-8,14H2. The molecule has 1 aliphatic rings. The van der Waals surface area contributed by atoms with E-state index in [0.29, 0.717) is 12.8 Å². The SMILES string of the molecule is NC(CC1CCS(=O)(=O)C1)c1ccc(F)cc1. The number of halogens is 1. The zero-order valence-corrected chi connectivity index (χ0v) is 10.3. The average Bonchev–Trinajstić information content (AvgIpc) is 2.59. The van der Waals surface area contributed by atoms with Crippen LogP contribution in [-0.2, 0) is 9.84 Å². The molecule has 1 fully saturated rings. The highest BCUT2D eigenvalue weighted by molar-refractivity contribution is 7.91. The van der Waals surface area contributed by atoms with E-state index in [-0.39, 0.29) is 29.3 Å². The van der Waals surface area contributed by atoms with Gasteiger partial charge in [0.15, 0.2) is 9.84 Å². The second kappa shape index (κ2) is 4.74. The quantitative estimate of drug-likeness (QED) is 0.895. The number of sulfone groups is 1. The Morgan fingerprint density at radius 3 is 2.53 bits per heavy atom. The van der Waals surface area contributed by atoms with E-state index >= 15 is 0 Å².